The summed E-state index contributed by atoms with van der Waals surface area (Å²) in [5, 5.41) is 3.41. The first-order chi connectivity index (χ1) is 15.0. The van der Waals surface area contributed by atoms with Crippen molar-refractivity contribution in [3.63, 3.8) is 0 Å². The van der Waals surface area contributed by atoms with Crippen LogP contribution in [0.2, 0.25) is 0 Å². The molecule has 0 spiro atoms. The summed E-state index contributed by atoms with van der Waals surface area (Å²) in [6.07, 6.45) is 7.88. The minimum atomic E-state index is -0.329. The van der Waals surface area contributed by atoms with Crippen molar-refractivity contribution < 1.29 is 9.18 Å². The second-order valence-corrected chi connectivity index (χ2v) is 10.1. The molecule has 162 valence electrons. The third kappa shape index (κ3) is 3.34. The fourth-order valence-electron chi connectivity index (χ4n) is 6.91. The Balaban J connectivity index is 1.20. The molecule has 1 aromatic heterocycles. The molecular weight excluding hydrogens is 395 g/mol. The normalized spacial score (nSPS) is 30.9. The average molecular weight is 423 g/mol. The SMILES string of the molecule is O=C(NC12CC3CC(CC(C3)C1)C2)N1CCc2nc(-c3ccc(F)cc3)[nH]c(=O)c2C1. The van der Waals surface area contributed by atoms with Crippen LogP contribution in [0.4, 0.5) is 9.18 Å². The molecule has 4 fully saturated rings. The molecule has 6 nitrogen and oxygen atoms in total. The maximum Gasteiger partial charge on any atom is 0.318 e. The van der Waals surface area contributed by atoms with E-state index < -0.39 is 0 Å². The van der Waals surface area contributed by atoms with E-state index in [4.69, 9.17) is 0 Å². The second kappa shape index (κ2) is 6.90. The number of amides is 2. The Hall–Kier alpha value is -2.70. The van der Waals surface area contributed by atoms with E-state index in [1.165, 1.54) is 31.4 Å². The molecule has 2 aromatic rings. The predicted octanol–water partition coefficient (Wildman–Crippen LogP) is 3.61. The summed E-state index contributed by atoms with van der Waals surface area (Å²) < 4.78 is 13.2. The van der Waals surface area contributed by atoms with Crippen molar-refractivity contribution in [2.24, 2.45) is 17.8 Å². The summed E-state index contributed by atoms with van der Waals surface area (Å²) in [6, 6.07) is 5.87. The number of halogens is 1. The molecule has 7 heteroatoms. The van der Waals surface area contributed by atoms with E-state index in [2.05, 4.69) is 15.3 Å². The number of benzene rings is 1. The Bertz CT molecular complexity index is 1060. The number of nitrogens with zero attached hydrogens (tertiary/aromatic N) is 2. The van der Waals surface area contributed by atoms with Crippen LogP contribution >= 0.6 is 0 Å². The number of hydrogen-bond donors (Lipinski definition) is 2. The van der Waals surface area contributed by atoms with Crippen LogP contribution in [-0.4, -0.2) is 33.0 Å². The van der Waals surface area contributed by atoms with E-state index in [9.17, 15) is 14.0 Å². The second-order valence-electron chi connectivity index (χ2n) is 10.1. The van der Waals surface area contributed by atoms with Gasteiger partial charge in [0.05, 0.1) is 17.8 Å². The Labute approximate surface area is 180 Å². The zero-order valence-electron chi connectivity index (χ0n) is 17.5. The van der Waals surface area contributed by atoms with Gasteiger partial charge in [-0.15, -0.1) is 0 Å². The lowest BCUT2D eigenvalue weighted by Gasteiger charge is -2.57. The fraction of sp³-hybridized carbons (Fsp3) is 0.542. The highest BCUT2D eigenvalue weighted by Gasteiger charge is 2.51. The molecule has 31 heavy (non-hydrogen) atoms. The van der Waals surface area contributed by atoms with Gasteiger partial charge in [-0.2, -0.15) is 0 Å². The number of H-pyrrole nitrogens is 1. The highest BCUT2D eigenvalue weighted by molar-refractivity contribution is 5.75. The first kappa shape index (κ1) is 19.0. The molecule has 4 saturated carbocycles. The number of carbonyl (C=O) groups is 1. The maximum atomic E-state index is 13.2. The monoisotopic (exact) mass is 422 g/mol. The summed E-state index contributed by atoms with van der Waals surface area (Å²) in [5.74, 6) is 2.42. The Kier molecular flexibility index (Phi) is 4.24. The summed E-state index contributed by atoms with van der Waals surface area (Å²) in [6.45, 7) is 0.823. The lowest BCUT2D eigenvalue weighted by molar-refractivity contribution is -0.0159. The van der Waals surface area contributed by atoms with Gasteiger partial charge in [-0.3, -0.25) is 4.79 Å². The first-order valence-corrected chi connectivity index (χ1v) is 11.4. The molecule has 0 radical (unpaired) electrons. The van der Waals surface area contributed by atoms with E-state index in [1.54, 1.807) is 17.0 Å². The molecule has 0 saturated heterocycles. The number of hydrogen-bond acceptors (Lipinski definition) is 3. The molecule has 1 aliphatic heterocycles. The minimum absolute atomic E-state index is 0.0385. The topological polar surface area (TPSA) is 78.1 Å². The molecule has 5 aliphatic rings. The Morgan fingerprint density at radius 2 is 1.74 bits per heavy atom. The molecule has 7 rings (SSSR count). The number of nitrogens with one attached hydrogen (secondary N) is 2. The van der Waals surface area contributed by atoms with E-state index in [-0.39, 0.29) is 29.5 Å². The van der Waals surface area contributed by atoms with Crippen molar-refractivity contribution in [3.05, 3.63) is 51.7 Å². The number of carbonyl (C=O) groups excluding carboxylic acids is 1. The van der Waals surface area contributed by atoms with Gasteiger partial charge in [0, 0.05) is 24.1 Å². The first-order valence-electron chi connectivity index (χ1n) is 11.4. The van der Waals surface area contributed by atoms with Gasteiger partial charge in [0.25, 0.3) is 5.56 Å². The highest BCUT2D eigenvalue weighted by Crippen LogP contribution is 2.55. The number of aromatic amines is 1. The largest absolute Gasteiger partial charge is 0.333 e. The Morgan fingerprint density at radius 1 is 1.10 bits per heavy atom. The predicted molar refractivity (Wildman–Crippen MR) is 114 cm³/mol. The van der Waals surface area contributed by atoms with Gasteiger partial charge in [0.1, 0.15) is 11.6 Å². The van der Waals surface area contributed by atoms with Crippen molar-refractivity contribution in [2.45, 2.75) is 57.0 Å². The van der Waals surface area contributed by atoms with Crippen LogP contribution in [0.3, 0.4) is 0 Å². The minimum Gasteiger partial charge on any atom is -0.333 e. The molecule has 2 heterocycles. The zero-order valence-corrected chi connectivity index (χ0v) is 17.5. The van der Waals surface area contributed by atoms with Gasteiger partial charge in [-0.25, -0.2) is 14.2 Å². The van der Waals surface area contributed by atoms with Crippen molar-refractivity contribution in [1.29, 1.82) is 0 Å². The van der Waals surface area contributed by atoms with Gasteiger partial charge >= 0.3 is 6.03 Å². The number of fused-ring (bicyclic) bond motifs is 1. The van der Waals surface area contributed by atoms with Crippen LogP contribution in [-0.2, 0) is 13.0 Å². The molecule has 1 aromatic carbocycles. The van der Waals surface area contributed by atoms with Gasteiger partial charge in [0.15, 0.2) is 0 Å². The standard InChI is InChI=1S/C24H27FN4O2/c25-18-3-1-17(2-4-18)21-26-20-5-6-29(13-19(20)22(30)27-21)23(31)28-24-10-14-7-15(11-24)9-16(8-14)12-24/h1-4,14-16H,5-13H2,(H,28,31)(H,26,27,30). The van der Waals surface area contributed by atoms with Crippen LogP contribution in [0, 0.1) is 23.6 Å². The molecular formula is C24H27FN4O2. The van der Waals surface area contributed by atoms with Gasteiger partial charge in [-0.05, 0) is 80.5 Å². The van der Waals surface area contributed by atoms with Crippen LogP contribution in [0.15, 0.2) is 29.1 Å². The molecule has 4 aliphatic carbocycles. The van der Waals surface area contributed by atoms with Gasteiger partial charge < -0.3 is 15.2 Å². The lowest BCUT2D eigenvalue weighted by Crippen LogP contribution is -2.62. The van der Waals surface area contributed by atoms with Crippen molar-refractivity contribution >= 4 is 6.03 Å². The van der Waals surface area contributed by atoms with Crippen LogP contribution in [0.25, 0.3) is 11.4 Å². The lowest BCUT2D eigenvalue weighted by atomic mass is 9.53. The smallest absolute Gasteiger partial charge is 0.318 e. The molecule has 0 atom stereocenters. The van der Waals surface area contributed by atoms with Crippen LogP contribution in [0.1, 0.15) is 49.8 Å². The summed E-state index contributed by atoms with van der Waals surface area (Å²) in [4.78, 5) is 35.1. The molecule has 2 amide bonds. The number of rotatable bonds is 2. The highest BCUT2D eigenvalue weighted by atomic mass is 19.1. The third-order valence-electron chi connectivity index (χ3n) is 7.88. The van der Waals surface area contributed by atoms with Crippen LogP contribution < -0.4 is 10.9 Å². The third-order valence-corrected chi connectivity index (χ3v) is 7.88. The Morgan fingerprint density at radius 3 is 2.39 bits per heavy atom. The van der Waals surface area contributed by atoms with Crippen molar-refractivity contribution in [2.75, 3.05) is 6.54 Å². The van der Waals surface area contributed by atoms with E-state index in [0.717, 1.165) is 42.7 Å². The van der Waals surface area contributed by atoms with E-state index >= 15 is 0 Å². The van der Waals surface area contributed by atoms with E-state index in [1.807, 2.05) is 0 Å². The summed E-state index contributed by atoms with van der Waals surface area (Å²) in [5.41, 5.74) is 1.68. The van der Waals surface area contributed by atoms with Crippen LogP contribution in [0.5, 0.6) is 0 Å². The molecule has 0 unspecified atom stereocenters. The fourth-order valence-corrected chi connectivity index (χ4v) is 6.91. The molecule has 2 N–H and O–H groups in total. The van der Waals surface area contributed by atoms with Crippen molar-refractivity contribution in [1.82, 2.24) is 20.2 Å². The maximum absolute atomic E-state index is 13.2. The number of urea groups is 1. The summed E-state index contributed by atoms with van der Waals surface area (Å²) >= 11 is 0. The quantitative estimate of drug-likeness (QED) is 0.776. The number of aromatic nitrogens is 2. The van der Waals surface area contributed by atoms with Gasteiger partial charge in [-0.1, -0.05) is 0 Å². The molecule has 4 bridgehead atoms. The van der Waals surface area contributed by atoms with Gasteiger partial charge in [0.2, 0.25) is 0 Å². The zero-order chi connectivity index (χ0) is 21.2. The average Bonchev–Trinajstić information content (AvgIpc) is 2.72. The summed E-state index contributed by atoms with van der Waals surface area (Å²) in [7, 11) is 0. The van der Waals surface area contributed by atoms with Crippen molar-refractivity contribution in [3.8, 4) is 11.4 Å². The van der Waals surface area contributed by atoms with E-state index in [0.29, 0.717) is 29.9 Å².